The summed E-state index contributed by atoms with van der Waals surface area (Å²) in [6.07, 6.45) is 5.70. The molecule has 1 heterocycles. The van der Waals surface area contributed by atoms with Crippen LogP contribution in [0.5, 0.6) is 0 Å². The first-order valence-corrected chi connectivity index (χ1v) is 3.62. The van der Waals surface area contributed by atoms with E-state index >= 15 is 0 Å². The van der Waals surface area contributed by atoms with Crippen molar-refractivity contribution in [3.05, 3.63) is 0 Å². The molecule has 2 fully saturated rings. The van der Waals surface area contributed by atoms with Gasteiger partial charge in [-0.25, -0.2) is 5.32 Å². The molecule has 0 aromatic carbocycles. The summed E-state index contributed by atoms with van der Waals surface area (Å²) in [5.74, 6) is 0.994. The van der Waals surface area contributed by atoms with E-state index in [0.717, 1.165) is 12.0 Å². The summed E-state index contributed by atoms with van der Waals surface area (Å²) in [5, 5.41) is 4.50. The highest BCUT2D eigenvalue weighted by Gasteiger charge is 2.28. The molecule has 1 radical (unpaired) electrons. The molecule has 2 unspecified atom stereocenters. The highest BCUT2D eigenvalue weighted by atomic mass is 15.0. The van der Waals surface area contributed by atoms with Crippen LogP contribution in [-0.2, 0) is 0 Å². The molecule has 2 atom stereocenters. The molecule has 0 aromatic rings. The second-order valence-electron chi connectivity index (χ2n) is 3.05. The molecule has 0 spiro atoms. The van der Waals surface area contributed by atoms with E-state index < -0.39 is 0 Å². The Kier molecular flexibility index (Phi) is 1.04. The maximum absolute atomic E-state index is 4.50. The molecule has 2 bridgehead atoms. The van der Waals surface area contributed by atoms with Crippen LogP contribution in [0.2, 0.25) is 0 Å². The maximum Gasteiger partial charge on any atom is 0.0249 e. The van der Waals surface area contributed by atoms with Crippen molar-refractivity contribution in [3.63, 3.8) is 0 Å². The lowest BCUT2D eigenvalue weighted by Crippen LogP contribution is -2.14. The zero-order valence-electron chi connectivity index (χ0n) is 5.14. The minimum Gasteiger partial charge on any atom is -0.238 e. The predicted octanol–water partition coefficient (Wildman–Crippen LogP) is 1.16. The summed E-state index contributed by atoms with van der Waals surface area (Å²) in [6, 6.07) is 0.786. The lowest BCUT2D eigenvalue weighted by atomic mass is 9.91. The van der Waals surface area contributed by atoms with Crippen LogP contribution in [0.4, 0.5) is 0 Å². The van der Waals surface area contributed by atoms with Gasteiger partial charge in [0.2, 0.25) is 0 Å². The van der Waals surface area contributed by atoms with Crippen molar-refractivity contribution in [2.75, 3.05) is 6.54 Å². The van der Waals surface area contributed by atoms with Crippen LogP contribution in [-0.4, -0.2) is 12.6 Å². The average Bonchev–Trinajstić information content (AvgIpc) is 2.12. The number of hydrogen-bond donors (Lipinski definition) is 0. The molecule has 1 aliphatic heterocycles. The Labute approximate surface area is 50.5 Å². The molecule has 0 amide bonds. The van der Waals surface area contributed by atoms with Crippen LogP contribution in [0.15, 0.2) is 0 Å². The van der Waals surface area contributed by atoms with Crippen molar-refractivity contribution in [2.45, 2.75) is 31.7 Å². The summed E-state index contributed by atoms with van der Waals surface area (Å²) in [6.45, 7) is 1.19. The first kappa shape index (κ1) is 4.80. The molecule has 1 heteroatoms. The van der Waals surface area contributed by atoms with Gasteiger partial charge in [0.05, 0.1) is 0 Å². The van der Waals surface area contributed by atoms with Crippen molar-refractivity contribution in [3.8, 4) is 0 Å². The number of rotatable bonds is 0. The van der Waals surface area contributed by atoms with E-state index in [1.54, 1.807) is 0 Å². The Hall–Kier alpha value is -0.0400. The standard InChI is InChI=1S/C7H12N/c1-2-6-4-7(3-1)8-5-6/h6-7H,1-5H2. The maximum atomic E-state index is 4.50. The van der Waals surface area contributed by atoms with Crippen molar-refractivity contribution in [1.29, 1.82) is 0 Å². The summed E-state index contributed by atoms with van der Waals surface area (Å²) >= 11 is 0. The van der Waals surface area contributed by atoms with Gasteiger partial charge in [0.15, 0.2) is 0 Å². The van der Waals surface area contributed by atoms with E-state index in [-0.39, 0.29) is 0 Å². The molecule has 45 valence electrons. The Balaban J connectivity index is 2.03. The molecule has 8 heavy (non-hydrogen) atoms. The van der Waals surface area contributed by atoms with Crippen molar-refractivity contribution < 1.29 is 0 Å². The predicted molar refractivity (Wildman–Crippen MR) is 32.7 cm³/mol. The first-order valence-electron chi connectivity index (χ1n) is 3.62. The summed E-state index contributed by atoms with van der Waals surface area (Å²) in [7, 11) is 0. The molecule has 2 aliphatic rings. The fraction of sp³-hybridized carbons (Fsp3) is 1.00. The van der Waals surface area contributed by atoms with Crippen LogP contribution in [0.25, 0.3) is 0 Å². The highest BCUT2D eigenvalue weighted by Crippen LogP contribution is 2.29. The smallest absolute Gasteiger partial charge is 0.0249 e. The largest absolute Gasteiger partial charge is 0.238 e. The van der Waals surface area contributed by atoms with Gasteiger partial charge in [-0.2, -0.15) is 0 Å². The van der Waals surface area contributed by atoms with Crippen LogP contribution in [0.3, 0.4) is 0 Å². The van der Waals surface area contributed by atoms with Crippen LogP contribution >= 0.6 is 0 Å². The number of fused-ring (bicyclic) bond motifs is 2. The van der Waals surface area contributed by atoms with Crippen molar-refractivity contribution in [2.24, 2.45) is 5.92 Å². The quantitative estimate of drug-likeness (QED) is 0.444. The molecule has 0 N–H and O–H groups in total. The summed E-state index contributed by atoms with van der Waals surface area (Å²) in [4.78, 5) is 0. The minimum absolute atomic E-state index is 0.786. The third-order valence-electron chi connectivity index (χ3n) is 2.38. The van der Waals surface area contributed by atoms with E-state index in [1.807, 2.05) is 0 Å². The number of nitrogens with zero attached hydrogens (tertiary/aromatic N) is 1. The van der Waals surface area contributed by atoms with E-state index in [4.69, 9.17) is 0 Å². The fourth-order valence-corrected chi connectivity index (χ4v) is 1.89. The van der Waals surface area contributed by atoms with Gasteiger partial charge in [-0.15, -0.1) is 0 Å². The topological polar surface area (TPSA) is 14.1 Å². The van der Waals surface area contributed by atoms with Crippen molar-refractivity contribution >= 4 is 0 Å². The normalized spacial score (nSPS) is 45.0. The van der Waals surface area contributed by atoms with Gasteiger partial charge in [-0.3, -0.25) is 0 Å². The molecule has 1 aliphatic carbocycles. The molecular formula is C7H12N. The fourth-order valence-electron chi connectivity index (χ4n) is 1.89. The van der Waals surface area contributed by atoms with E-state index in [2.05, 4.69) is 5.32 Å². The highest BCUT2D eigenvalue weighted by molar-refractivity contribution is 4.85. The van der Waals surface area contributed by atoms with Gasteiger partial charge >= 0.3 is 0 Å². The Morgan fingerprint density at radius 1 is 1.25 bits per heavy atom. The van der Waals surface area contributed by atoms with Gasteiger partial charge in [-0.05, 0) is 25.2 Å². The Morgan fingerprint density at radius 2 is 2.25 bits per heavy atom. The molecule has 0 aromatic heterocycles. The van der Waals surface area contributed by atoms with E-state index in [9.17, 15) is 0 Å². The van der Waals surface area contributed by atoms with Gasteiger partial charge in [0.1, 0.15) is 0 Å². The van der Waals surface area contributed by atoms with Crippen LogP contribution < -0.4 is 5.32 Å². The zero-order valence-corrected chi connectivity index (χ0v) is 5.14. The monoisotopic (exact) mass is 110 g/mol. The van der Waals surface area contributed by atoms with Crippen molar-refractivity contribution in [1.82, 2.24) is 5.32 Å². The minimum atomic E-state index is 0.786. The molecular weight excluding hydrogens is 98.1 g/mol. The average molecular weight is 110 g/mol. The van der Waals surface area contributed by atoms with E-state index in [1.165, 1.54) is 32.2 Å². The van der Waals surface area contributed by atoms with Gasteiger partial charge < -0.3 is 0 Å². The number of hydrogen-bond acceptors (Lipinski definition) is 0. The first-order chi connectivity index (χ1) is 3.95. The SMILES string of the molecule is C1CC2C[N]C(C1)C2. The molecule has 1 saturated carbocycles. The van der Waals surface area contributed by atoms with E-state index in [0.29, 0.717) is 0 Å². The Bertz CT molecular complexity index is 76.4. The molecule has 1 nitrogen and oxygen atoms in total. The Morgan fingerprint density at radius 3 is 3.00 bits per heavy atom. The van der Waals surface area contributed by atoms with Gasteiger partial charge in [0, 0.05) is 12.6 Å². The van der Waals surface area contributed by atoms with Crippen LogP contribution in [0, 0.1) is 5.92 Å². The van der Waals surface area contributed by atoms with Crippen LogP contribution in [0.1, 0.15) is 25.7 Å². The lowest BCUT2D eigenvalue weighted by Gasteiger charge is -2.15. The summed E-state index contributed by atoms with van der Waals surface area (Å²) in [5.41, 5.74) is 0. The zero-order chi connectivity index (χ0) is 5.40. The second kappa shape index (κ2) is 1.73. The lowest BCUT2D eigenvalue weighted by molar-refractivity contribution is 0.409. The third kappa shape index (κ3) is 0.655. The molecule has 2 rings (SSSR count). The molecule has 1 saturated heterocycles. The third-order valence-corrected chi connectivity index (χ3v) is 2.38. The van der Waals surface area contributed by atoms with Gasteiger partial charge in [0.25, 0.3) is 0 Å². The second-order valence-corrected chi connectivity index (χ2v) is 3.05. The summed E-state index contributed by atoms with van der Waals surface area (Å²) < 4.78 is 0. The van der Waals surface area contributed by atoms with Gasteiger partial charge in [-0.1, -0.05) is 6.42 Å².